The molecule has 12 heteroatoms. The van der Waals surface area contributed by atoms with Crippen molar-refractivity contribution in [3.05, 3.63) is 95.1 Å². The highest BCUT2D eigenvalue weighted by Crippen LogP contribution is 2.42. The van der Waals surface area contributed by atoms with Crippen LogP contribution in [0.15, 0.2) is 72.8 Å². The van der Waals surface area contributed by atoms with Gasteiger partial charge in [-0.15, -0.1) is 0 Å². The van der Waals surface area contributed by atoms with Crippen molar-refractivity contribution in [1.82, 2.24) is 0 Å². The van der Waals surface area contributed by atoms with Crippen LogP contribution in [0.1, 0.15) is 72.4 Å². The van der Waals surface area contributed by atoms with Crippen LogP contribution in [-0.4, -0.2) is 62.4 Å². The highest BCUT2D eigenvalue weighted by atomic mass is 16.7. The number of carbonyl (C=O) groups excluding carboxylic acids is 2. The van der Waals surface area contributed by atoms with E-state index in [-0.39, 0.29) is 29.7 Å². The number of methoxy groups -OCH3 is 2. The third-order valence-electron chi connectivity index (χ3n) is 9.60. The molecular formula is C40H43BO11. The Morgan fingerprint density at radius 3 is 1.58 bits per heavy atom. The minimum absolute atomic E-state index is 0.0294. The van der Waals surface area contributed by atoms with E-state index in [1.165, 1.54) is 0 Å². The first-order valence-corrected chi connectivity index (χ1v) is 17.1. The first kappa shape index (κ1) is 36.6. The molecule has 0 atom stereocenters. The maximum Gasteiger partial charge on any atom is 0.502 e. The normalized spacial score (nSPS) is 16.7. The summed E-state index contributed by atoms with van der Waals surface area (Å²) in [6, 6.07) is 21.9. The number of phenolic OH excluding ortho intramolecular Hbond substituents is 1. The lowest BCUT2D eigenvalue weighted by Gasteiger charge is -2.32. The number of fused-ring (bicyclic) bond motifs is 2. The maximum absolute atomic E-state index is 12.4. The third kappa shape index (κ3) is 7.68. The molecule has 4 aromatic carbocycles. The number of aromatic hydroxyl groups is 1. The highest BCUT2D eigenvalue weighted by Gasteiger charge is 2.54. The second-order valence-corrected chi connectivity index (χ2v) is 13.5. The number of Topliss-reactive ketones (excluding diaryl/α,β-unsaturated/α-hetero) is 2. The number of ether oxygens (including phenoxy) is 6. The lowest BCUT2D eigenvalue weighted by Crippen LogP contribution is -2.41. The molecule has 0 aliphatic carbocycles. The van der Waals surface area contributed by atoms with Crippen molar-refractivity contribution >= 4 is 24.1 Å². The van der Waals surface area contributed by atoms with Crippen LogP contribution in [0.5, 0.6) is 40.2 Å². The van der Waals surface area contributed by atoms with Gasteiger partial charge in [0.25, 0.3) is 0 Å². The summed E-state index contributed by atoms with van der Waals surface area (Å²) < 4.78 is 45.9. The van der Waals surface area contributed by atoms with Crippen LogP contribution in [-0.2, 0) is 22.5 Å². The van der Waals surface area contributed by atoms with Gasteiger partial charge in [-0.05, 0) is 87.4 Å². The Balaban J connectivity index is 0.000000187. The number of carbonyl (C=O) groups is 2. The summed E-state index contributed by atoms with van der Waals surface area (Å²) in [6.07, 6.45) is 0.695. The van der Waals surface area contributed by atoms with Crippen LogP contribution >= 0.6 is 0 Å². The molecule has 11 nitrogen and oxygen atoms in total. The number of benzene rings is 4. The van der Waals surface area contributed by atoms with Crippen molar-refractivity contribution < 1.29 is 52.4 Å². The van der Waals surface area contributed by atoms with Gasteiger partial charge in [0.05, 0.1) is 55.2 Å². The molecule has 0 unspecified atom stereocenters. The summed E-state index contributed by atoms with van der Waals surface area (Å²) in [5.41, 5.74) is 2.47. The first-order chi connectivity index (χ1) is 24.9. The zero-order chi connectivity index (χ0) is 37.0. The highest BCUT2D eigenvalue weighted by molar-refractivity contribution is 6.64. The van der Waals surface area contributed by atoms with Crippen LogP contribution in [0.4, 0.5) is 0 Å². The Labute approximate surface area is 303 Å². The lowest BCUT2D eigenvalue weighted by molar-refractivity contribution is 0.00578. The number of hydrogen-bond acceptors (Lipinski definition) is 11. The lowest BCUT2D eigenvalue weighted by atomic mass is 9.75. The Morgan fingerprint density at radius 2 is 1.08 bits per heavy atom. The molecule has 4 aromatic rings. The topological polar surface area (TPSA) is 128 Å². The molecule has 0 radical (unpaired) electrons. The van der Waals surface area contributed by atoms with Gasteiger partial charge in [-0.1, -0.05) is 24.3 Å². The van der Waals surface area contributed by atoms with E-state index in [1.54, 1.807) is 38.5 Å². The third-order valence-corrected chi connectivity index (χ3v) is 9.60. The fraction of sp³-hybridized carbons (Fsp3) is 0.350. The van der Waals surface area contributed by atoms with Gasteiger partial charge in [-0.25, -0.2) is 0 Å². The molecule has 52 heavy (non-hydrogen) atoms. The predicted octanol–water partition coefficient (Wildman–Crippen LogP) is 6.48. The van der Waals surface area contributed by atoms with Gasteiger partial charge in [0.1, 0.15) is 36.2 Å². The van der Waals surface area contributed by atoms with Crippen LogP contribution in [0.25, 0.3) is 0 Å². The predicted molar refractivity (Wildman–Crippen MR) is 194 cm³/mol. The quantitative estimate of drug-likeness (QED) is 0.192. The monoisotopic (exact) mass is 710 g/mol. The van der Waals surface area contributed by atoms with E-state index in [9.17, 15) is 14.7 Å². The molecule has 0 amide bonds. The zero-order valence-corrected chi connectivity index (χ0v) is 30.3. The van der Waals surface area contributed by atoms with Gasteiger partial charge < -0.3 is 42.8 Å². The first-order valence-electron chi connectivity index (χ1n) is 17.1. The molecule has 7 rings (SSSR count). The van der Waals surface area contributed by atoms with Gasteiger partial charge in [0.15, 0.2) is 23.1 Å². The van der Waals surface area contributed by atoms with Crippen molar-refractivity contribution in [3.63, 3.8) is 0 Å². The second-order valence-electron chi connectivity index (χ2n) is 13.5. The molecule has 1 fully saturated rings. The van der Waals surface area contributed by atoms with E-state index < -0.39 is 18.3 Å². The molecule has 3 aliphatic rings. The fourth-order valence-corrected chi connectivity index (χ4v) is 5.83. The summed E-state index contributed by atoms with van der Waals surface area (Å²) in [4.78, 5) is 24.2. The summed E-state index contributed by atoms with van der Waals surface area (Å²) >= 11 is 0. The van der Waals surface area contributed by atoms with Crippen molar-refractivity contribution in [2.75, 3.05) is 27.4 Å². The summed E-state index contributed by atoms with van der Waals surface area (Å²) in [5.74, 6) is 3.04. The smallest absolute Gasteiger partial charge is 0.502 e. The van der Waals surface area contributed by atoms with E-state index in [1.807, 2.05) is 76.2 Å². The van der Waals surface area contributed by atoms with Gasteiger partial charge in [0.2, 0.25) is 5.75 Å². The van der Waals surface area contributed by atoms with E-state index >= 15 is 0 Å². The van der Waals surface area contributed by atoms with Crippen molar-refractivity contribution in [1.29, 1.82) is 0 Å². The summed E-state index contributed by atoms with van der Waals surface area (Å²) in [7, 11) is 2.55. The SMILES string of the molecule is COc1ccc(COc2ccc3c(c2B2OC(C)(C)C(C)(C)O2)OCCC3=O)cc1.COc1ccc(COc2ccc3c(c2O)OCCC3=O)cc1. The van der Waals surface area contributed by atoms with E-state index in [2.05, 4.69) is 0 Å². The summed E-state index contributed by atoms with van der Waals surface area (Å²) in [6.45, 7) is 9.23. The van der Waals surface area contributed by atoms with Crippen LogP contribution < -0.4 is 33.9 Å². The van der Waals surface area contributed by atoms with Gasteiger partial charge >= 0.3 is 7.12 Å². The van der Waals surface area contributed by atoms with E-state index in [0.717, 1.165) is 22.6 Å². The molecule has 0 spiro atoms. The van der Waals surface area contributed by atoms with Crippen molar-refractivity contribution in [2.24, 2.45) is 0 Å². The molecule has 0 saturated carbocycles. The zero-order valence-electron chi connectivity index (χ0n) is 30.3. The Kier molecular flexibility index (Phi) is 10.7. The molecule has 3 aliphatic heterocycles. The minimum atomic E-state index is -0.693. The Bertz CT molecular complexity index is 1900. The van der Waals surface area contributed by atoms with Crippen LogP contribution in [0.2, 0.25) is 0 Å². The number of phenols is 1. The average molecular weight is 711 g/mol. The Hall–Kier alpha value is -5.20. The maximum atomic E-state index is 12.4. The average Bonchev–Trinajstić information content (AvgIpc) is 3.36. The largest absolute Gasteiger partial charge is 0.502 e. The van der Waals surface area contributed by atoms with Crippen LogP contribution in [0.3, 0.4) is 0 Å². The van der Waals surface area contributed by atoms with Crippen molar-refractivity contribution in [2.45, 2.75) is 65.0 Å². The standard InChI is InChI=1S/C23H27BO6.C17H16O5/c1-22(2)23(3,4)30-24(29-22)20-19(11-10-17-18(25)12-13-27-21(17)20)28-14-15-6-8-16(26-5)9-7-15;1-20-12-4-2-11(3-5-12)10-22-15-7-6-13-14(18)8-9-21-17(13)16(15)19/h6-11H,12-14H2,1-5H3;2-7,19H,8-10H2,1H3. The summed E-state index contributed by atoms with van der Waals surface area (Å²) in [5, 5.41) is 10.2. The minimum Gasteiger partial charge on any atom is -0.502 e. The molecule has 0 aromatic heterocycles. The molecule has 272 valence electrons. The molecule has 1 N–H and O–H groups in total. The number of hydrogen-bond donors (Lipinski definition) is 1. The second kappa shape index (κ2) is 15.2. The van der Waals surface area contributed by atoms with Gasteiger partial charge in [-0.2, -0.15) is 0 Å². The molecular weight excluding hydrogens is 667 g/mol. The Morgan fingerprint density at radius 1 is 0.635 bits per heavy atom. The van der Waals surface area contributed by atoms with Crippen molar-refractivity contribution in [3.8, 4) is 40.2 Å². The van der Waals surface area contributed by atoms with Gasteiger partial charge in [0, 0.05) is 12.8 Å². The van der Waals surface area contributed by atoms with Crippen LogP contribution in [0, 0.1) is 0 Å². The molecule has 1 saturated heterocycles. The molecule has 0 bridgehead atoms. The van der Waals surface area contributed by atoms with E-state index in [4.69, 9.17) is 37.7 Å². The molecule has 3 heterocycles. The fourth-order valence-electron chi connectivity index (χ4n) is 5.83. The van der Waals surface area contributed by atoms with E-state index in [0.29, 0.717) is 66.5 Å². The number of ketones is 2. The van der Waals surface area contributed by atoms with Gasteiger partial charge in [-0.3, -0.25) is 9.59 Å². The number of rotatable bonds is 9.